The van der Waals surface area contributed by atoms with Gasteiger partial charge in [-0.25, -0.2) is 8.78 Å². The molecule has 0 radical (unpaired) electrons. The summed E-state index contributed by atoms with van der Waals surface area (Å²) in [6, 6.07) is 3.43. The number of nitrogens with zero attached hydrogens (tertiary/aromatic N) is 1. The Labute approximate surface area is 176 Å². The largest absolute Gasteiger partial charge is 0.369 e. The van der Waals surface area contributed by atoms with E-state index in [2.05, 4.69) is 16.0 Å². The van der Waals surface area contributed by atoms with E-state index < -0.39 is 47.7 Å². The molecule has 4 rings (SSSR count). The number of hydrogen-bond acceptors (Lipinski definition) is 7. The van der Waals surface area contributed by atoms with Crippen molar-refractivity contribution >= 4 is 23.6 Å². The Morgan fingerprint density at radius 3 is 2.52 bits per heavy atom. The molecule has 11 heteroatoms. The molecule has 3 N–H and O–H groups in total. The summed E-state index contributed by atoms with van der Waals surface area (Å²) in [4.78, 5) is 49.8. The number of amides is 4. The maximum Gasteiger partial charge on any atom is 0.291 e. The van der Waals surface area contributed by atoms with Gasteiger partial charge in [0.1, 0.15) is 6.04 Å². The number of carbonyl (C=O) groups excluding carboxylic acids is 4. The van der Waals surface area contributed by atoms with Crippen molar-refractivity contribution in [3.63, 3.8) is 0 Å². The second kappa shape index (κ2) is 7.74. The van der Waals surface area contributed by atoms with Crippen LogP contribution in [0.3, 0.4) is 0 Å². The average molecular weight is 436 g/mol. The summed E-state index contributed by atoms with van der Waals surface area (Å²) in [6.45, 7) is -0.446. The molecule has 0 spiro atoms. The van der Waals surface area contributed by atoms with Crippen LogP contribution in [0.25, 0.3) is 0 Å². The summed E-state index contributed by atoms with van der Waals surface area (Å²) < 4.78 is 34.0. The van der Waals surface area contributed by atoms with E-state index >= 15 is 0 Å². The first-order chi connectivity index (χ1) is 14.7. The summed E-state index contributed by atoms with van der Waals surface area (Å²) in [5.41, 5.74) is -0.748. The predicted octanol–water partition coefficient (Wildman–Crippen LogP) is -0.199. The standard InChI is InChI=1S/C20H22F2N4O5/c1-31-19(8-24-9-19)20(21,22)10-23-7-11-2-3-12-13(6-11)18(30)26(17(12)29)14-4-5-15(27)25-16(14)28/h2-3,6,14,23-24H,4-5,7-10H2,1H3,(H,25,27,28). The van der Waals surface area contributed by atoms with E-state index in [0.29, 0.717) is 5.56 Å². The third-order valence-corrected chi connectivity index (χ3v) is 6.06. The molecule has 3 aliphatic heterocycles. The Kier molecular flexibility index (Phi) is 5.36. The first-order valence-electron chi connectivity index (χ1n) is 9.88. The molecule has 9 nitrogen and oxygen atoms in total. The maximum absolute atomic E-state index is 14.5. The highest BCUT2D eigenvalue weighted by molar-refractivity contribution is 6.23. The zero-order valence-electron chi connectivity index (χ0n) is 16.8. The Morgan fingerprint density at radius 2 is 1.90 bits per heavy atom. The maximum atomic E-state index is 14.5. The van der Waals surface area contributed by atoms with Gasteiger partial charge in [0.05, 0.1) is 17.7 Å². The van der Waals surface area contributed by atoms with Crippen LogP contribution >= 0.6 is 0 Å². The van der Waals surface area contributed by atoms with Crippen LogP contribution in [0.5, 0.6) is 0 Å². The van der Waals surface area contributed by atoms with Crippen molar-refractivity contribution in [1.82, 2.24) is 20.9 Å². The fraction of sp³-hybridized carbons (Fsp3) is 0.500. The molecule has 4 amide bonds. The molecule has 0 aromatic heterocycles. The van der Waals surface area contributed by atoms with Crippen molar-refractivity contribution in [2.45, 2.75) is 37.0 Å². The lowest BCUT2D eigenvalue weighted by Gasteiger charge is -2.46. The monoisotopic (exact) mass is 436 g/mol. The van der Waals surface area contributed by atoms with E-state index in [1.165, 1.54) is 19.2 Å². The minimum Gasteiger partial charge on any atom is -0.369 e. The van der Waals surface area contributed by atoms with Gasteiger partial charge in [0, 0.05) is 33.2 Å². The number of imide groups is 2. The number of ether oxygens (including phenoxy) is 1. The molecule has 2 saturated heterocycles. The quantitative estimate of drug-likeness (QED) is 0.507. The zero-order chi connectivity index (χ0) is 22.4. The Hall–Kier alpha value is -2.76. The number of benzene rings is 1. The van der Waals surface area contributed by atoms with Crippen LogP contribution in [-0.4, -0.2) is 72.8 Å². The van der Waals surface area contributed by atoms with E-state index in [1.54, 1.807) is 6.07 Å². The van der Waals surface area contributed by atoms with E-state index in [0.717, 1.165) is 4.90 Å². The molecule has 166 valence electrons. The van der Waals surface area contributed by atoms with Gasteiger partial charge in [-0.3, -0.25) is 29.4 Å². The molecule has 3 heterocycles. The first-order valence-corrected chi connectivity index (χ1v) is 9.88. The first kappa shape index (κ1) is 21.5. The molecule has 2 fully saturated rings. The third-order valence-electron chi connectivity index (χ3n) is 6.06. The van der Waals surface area contributed by atoms with E-state index in [4.69, 9.17) is 4.74 Å². The summed E-state index contributed by atoms with van der Waals surface area (Å²) in [5, 5.41) is 7.61. The number of methoxy groups -OCH3 is 1. The highest BCUT2D eigenvalue weighted by atomic mass is 19.3. The topological polar surface area (TPSA) is 117 Å². The van der Waals surface area contributed by atoms with Gasteiger partial charge in [-0.05, 0) is 24.1 Å². The fourth-order valence-corrected chi connectivity index (χ4v) is 4.06. The Bertz CT molecular complexity index is 957. The van der Waals surface area contributed by atoms with E-state index in [9.17, 15) is 28.0 Å². The lowest BCUT2D eigenvalue weighted by molar-refractivity contribution is -0.215. The molecule has 3 aliphatic rings. The lowest BCUT2D eigenvalue weighted by atomic mass is 9.88. The molecule has 1 atom stereocenters. The molecule has 0 aliphatic carbocycles. The van der Waals surface area contributed by atoms with Crippen molar-refractivity contribution in [3.05, 3.63) is 34.9 Å². The van der Waals surface area contributed by atoms with Gasteiger partial charge >= 0.3 is 0 Å². The van der Waals surface area contributed by atoms with Gasteiger partial charge in [0.2, 0.25) is 11.8 Å². The van der Waals surface area contributed by atoms with Gasteiger partial charge in [-0.1, -0.05) is 6.07 Å². The van der Waals surface area contributed by atoms with Gasteiger partial charge in [-0.2, -0.15) is 0 Å². The van der Waals surface area contributed by atoms with Crippen molar-refractivity contribution in [3.8, 4) is 0 Å². The highest BCUT2D eigenvalue weighted by Gasteiger charge is 2.57. The molecule has 1 aromatic carbocycles. The van der Waals surface area contributed by atoms with Crippen LogP contribution in [0.4, 0.5) is 8.78 Å². The SMILES string of the molecule is COC1(C(F)(F)CNCc2ccc3c(c2)C(=O)N(C2CCC(=O)NC2=O)C3=O)CNC1. The number of hydrogen-bond donors (Lipinski definition) is 3. The van der Waals surface area contributed by atoms with Gasteiger partial charge < -0.3 is 15.4 Å². The second-order valence-electron chi connectivity index (χ2n) is 7.94. The number of halogens is 2. The molecule has 1 aromatic rings. The smallest absolute Gasteiger partial charge is 0.291 e. The summed E-state index contributed by atoms with van der Waals surface area (Å²) in [5.74, 6) is -5.48. The summed E-state index contributed by atoms with van der Waals surface area (Å²) in [7, 11) is 1.26. The minimum atomic E-state index is -3.10. The van der Waals surface area contributed by atoms with E-state index in [1.807, 2.05) is 0 Å². The fourth-order valence-electron chi connectivity index (χ4n) is 4.06. The number of piperidine rings is 1. The van der Waals surface area contributed by atoms with Crippen LogP contribution in [0, 0.1) is 0 Å². The number of rotatable bonds is 7. The predicted molar refractivity (Wildman–Crippen MR) is 102 cm³/mol. The molecular formula is C20H22F2N4O5. The Balaban J connectivity index is 1.44. The number of nitrogens with one attached hydrogen (secondary N) is 3. The van der Waals surface area contributed by atoms with E-state index in [-0.39, 0.29) is 43.6 Å². The molecule has 1 unspecified atom stereocenters. The van der Waals surface area contributed by atoms with Crippen LogP contribution < -0.4 is 16.0 Å². The number of alkyl halides is 2. The molecule has 0 saturated carbocycles. The Morgan fingerprint density at radius 1 is 1.19 bits per heavy atom. The van der Waals surface area contributed by atoms with Crippen LogP contribution in [0.2, 0.25) is 0 Å². The number of fused-ring (bicyclic) bond motifs is 1. The minimum absolute atomic E-state index is 0.0334. The summed E-state index contributed by atoms with van der Waals surface area (Å²) >= 11 is 0. The molecule has 31 heavy (non-hydrogen) atoms. The van der Waals surface area contributed by atoms with Gasteiger partial charge in [-0.15, -0.1) is 0 Å². The molecular weight excluding hydrogens is 414 g/mol. The zero-order valence-corrected chi connectivity index (χ0v) is 16.8. The van der Waals surface area contributed by atoms with Gasteiger partial charge in [0.15, 0.2) is 5.60 Å². The van der Waals surface area contributed by atoms with Crippen molar-refractivity contribution in [1.29, 1.82) is 0 Å². The van der Waals surface area contributed by atoms with Crippen LogP contribution in [-0.2, 0) is 20.9 Å². The molecule has 0 bridgehead atoms. The normalized spacial score (nSPS) is 22.9. The third kappa shape index (κ3) is 3.52. The lowest BCUT2D eigenvalue weighted by Crippen LogP contribution is -2.71. The average Bonchev–Trinajstić information content (AvgIpc) is 2.92. The van der Waals surface area contributed by atoms with Gasteiger partial charge in [0.25, 0.3) is 17.7 Å². The van der Waals surface area contributed by atoms with Crippen molar-refractivity contribution < 1.29 is 32.7 Å². The van der Waals surface area contributed by atoms with Crippen LogP contribution in [0.15, 0.2) is 18.2 Å². The van der Waals surface area contributed by atoms with Crippen molar-refractivity contribution in [2.75, 3.05) is 26.7 Å². The van der Waals surface area contributed by atoms with Crippen molar-refractivity contribution in [2.24, 2.45) is 0 Å². The second-order valence-corrected chi connectivity index (χ2v) is 7.94. The number of carbonyl (C=O) groups is 4. The van der Waals surface area contributed by atoms with Crippen LogP contribution in [0.1, 0.15) is 39.1 Å². The highest BCUT2D eigenvalue weighted by Crippen LogP contribution is 2.34. The summed E-state index contributed by atoms with van der Waals surface area (Å²) in [6.07, 6.45) is 0.0986.